The van der Waals surface area contributed by atoms with Crippen LogP contribution in [0.4, 0.5) is 0 Å². The fourth-order valence-corrected chi connectivity index (χ4v) is 3.59. The highest BCUT2D eigenvalue weighted by molar-refractivity contribution is 7.98. The highest BCUT2D eigenvalue weighted by atomic mass is 32.2. The third-order valence-corrected chi connectivity index (χ3v) is 5.08. The number of nitrogens with zero attached hydrogens (tertiary/aromatic N) is 2. The molecule has 5 heteroatoms. The highest BCUT2D eigenvalue weighted by Gasteiger charge is 2.12. The normalized spacial score (nSPS) is 16.4. The molecule has 1 N–H and O–H groups in total. The number of hydrogen-bond acceptors (Lipinski definition) is 5. The molecule has 0 unspecified atom stereocenters. The number of aromatic nitrogens is 1. The van der Waals surface area contributed by atoms with Gasteiger partial charge in [-0.25, -0.2) is 4.98 Å². The van der Waals surface area contributed by atoms with Gasteiger partial charge in [0.1, 0.15) is 5.01 Å². The molecule has 1 aromatic heterocycles. The number of piperazine rings is 1. The van der Waals surface area contributed by atoms with Crippen molar-refractivity contribution in [3.8, 4) is 11.3 Å². The van der Waals surface area contributed by atoms with Crippen molar-refractivity contribution in [1.29, 1.82) is 0 Å². The van der Waals surface area contributed by atoms with E-state index in [2.05, 4.69) is 46.1 Å². The standard InChI is InChI=1S/C15H19N3S2/c1-19-13-4-2-12(3-5-13)14-11-20-15(17-14)10-18-8-6-16-7-9-18/h2-5,11,16H,6-10H2,1H3. The van der Waals surface area contributed by atoms with Gasteiger partial charge in [-0.1, -0.05) is 12.1 Å². The summed E-state index contributed by atoms with van der Waals surface area (Å²) in [5, 5.41) is 6.77. The molecular formula is C15H19N3S2. The SMILES string of the molecule is CSc1ccc(-c2csc(CN3CCNCC3)n2)cc1. The Labute approximate surface area is 128 Å². The maximum Gasteiger partial charge on any atom is 0.107 e. The van der Waals surface area contributed by atoms with Gasteiger partial charge >= 0.3 is 0 Å². The van der Waals surface area contributed by atoms with Crippen molar-refractivity contribution < 1.29 is 0 Å². The summed E-state index contributed by atoms with van der Waals surface area (Å²) < 4.78 is 0. The summed E-state index contributed by atoms with van der Waals surface area (Å²) in [6, 6.07) is 8.65. The van der Waals surface area contributed by atoms with Crippen LogP contribution in [0, 0.1) is 0 Å². The molecule has 1 aliphatic heterocycles. The summed E-state index contributed by atoms with van der Waals surface area (Å²) in [6.45, 7) is 5.41. The van der Waals surface area contributed by atoms with Gasteiger partial charge in [-0.05, 0) is 18.4 Å². The van der Waals surface area contributed by atoms with E-state index in [-0.39, 0.29) is 0 Å². The molecule has 1 fully saturated rings. The van der Waals surface area contributed by atoms with Crippen LogP contribution < -0.4 is 5.32 Å². The van der Waals surface area contributed by atoms with Crippen LogP contribution in [0.3, 0.4) is 0 Å². The van der Waals surface area contributed by atoms with Crippen molar-refractivity contribution in [2.45, 2.75) is 11.4 Å². The Morgan fingerprint density at radius 2 is 2.00 bits per heavy atom. The zero-order valence-electron chi connectivity index (χ0n) is 11.6. The van der Waals surface area contributed by atoms with Crippen molar-refractivity contribution in [1.82, 2.24) is 15.2 Å². The lowest BCUT2D eigenvalue weighted by molar-refractivity contribution is 0.233. The van der Waals surface area contributed by atoms with E-state index in [1.54, 1.807) is 23.1 Å². The second-order valence-electron chi connectivity index (χ2n) is 4.88. The first-order chi connectivity index (χ1) is 9.85. The summed E-state index contributed by atoms with van der Waals surface area (Å²) >= 11 is 3.54. The van der Waals surface area contributed by atoms with Gasteiger partial charge < -0.3 is 5.32 Å². The molecule has 0 amide bonds. The average Bonchev–Trinajstić information content (AvgIpc) is 2.97. The number of nitrogens with one attached hydrogen (secondary N) is 1. The molecule has 0 spiro atoms. The van der Waals surface area contributed by atoms with E-state index >= 15 is 0 Å². The predicted molar refractivity (Wildman–Crippen MR) is 87.5 cm³/mol. The molecule has 1 saturated heterocycles. The van der Waals surface area contributed by atoms with Crippen molar-refractivity contribution in [2.75, 3.05) is 32.4 Å². The number of benzene rings is 1. The van der Waals surface area contributed by atoms with Crippen LogP contribution in [-0.4, -0.2) is 42.3 Å². The third-order valence-electron chi connectivity index (χ3n) is 3.51. The Hall–Kier alpha value is -0.880. The minimum Gasteiger partial charge on any atom is -0.314 e. The van der Waals surface area contributed by atoms with Crippen LogP contribution in [0.25, 0.3) is 11.3 Å². The minimum atomic E-state index is 0.981. The van der Waals surface area contributed by atoms with Gasteiger partial charge in [-0.3, -0.25) is 4.90 Å². The topological polar surface area (TPSA) is 28.2 Å². The van der Waals surface area contributed by atoms with E-state index in [9.17, 15) is 0 Å². The second kappa shape index (κ2) is 6.72. The van der Waals surface area contributed by atoms with Gasteiger partial charge in [0, 0.05) is 42.0 Å². The molecule has 2 aromatic rings. The van der Waals surface area contributed by atoms with Gasteiger partial charge in [0.05, 0.1) is 12.2 Å². The van der Waals surface area contributed by atoms with Gasteiger partial charge in [-0.2, -0.15) is 0 Å². The first kappa shape index (κ1) is 14.1. The first-order valence-electron chi connectivity index (χ1n) is 6.87. The van der Waals surface area contributed by atoms with Crippen molar-refractivity contribution in [3.63, 3.8) is 0 Å². The molecule has 0 saturated carbocycles. The minimum absolute atomic E-state index is 0.981. The molecule has 0 bridgehead atoms. The van der Waals surface area contributed by atoms with Gasteiger partial charge in [0.25, 0.3) is 0 Å². The Morgan fingerprint density at radius 1 is 1.25 bits per heavy atom. The van der Waals surface area contributed by atoms with Crippen LogP contribution in [0.1, 0.15) is 5.01 Å². The molecule has 0 atom stereocenters. The van der Waals surface area contributed by atoms with E-state index in [0.29, 0.717) is 0 Å². The zero-order valence-corrected chi connectivity index (χ0v) is 13.3. The lowest BCUT2D eigenvalue weighted by Crippen LogP contribution is -2.42. The molecule has 2 heterocycles. The third kappa shape index (κ3) is 3.41. The average molecular weight is 305 g/mol. The van der Waals surface area contributed by atoms with E-state index in [0.717, 1.165) is 38.4 Å². The van der Waals surface area contributed by atoms with Crippen LogP contribution in [-0.2, 0) is 6.54 Å². The summed E-state index contributed by atoms with van der Waals surface area (Å²) in [6.07, 6.45) is 2.10. The van der Waals surface area contributed by atoms with Gasteiger partial charge in [0.15, 0.2) is 0 Å². The predicted octanol–water partition coefficient (Wildman–Crippen LogP) is 2.94. The molecule has 0 aliphatic carbocycles. The Kier molecular flexibility index (Phi) is 4.73. The van der Waals surface area contributed by atoms with Crippen molar-refractivity contribution in [2.24, 2.45) is 0 Å². The fourth-order valence-electron chi connectivity index (χ4n) is 2.34. The monoisotopic (exact) mass is 305 g/mol. The van der Waals surface area contributed by atoms with E-state index in [1.165, 1.54) is 15.5 Å². The van der Waals surface area contributed by atoms with Gasteiger partial charge in [-0.15, -0.1) is 23.1 Å². The summed E-state index contributed by atoms with van der Waals surface area (Å²) in [4.78, 5) is 8.54. The van der Waals surface area contributed by atoms with Crippen LogP contribution >= 0.6 is 23.1 Å². The van der Waals surface area contributed by atoms with Crippen LogP contribution in [0.5, 0.6) is 0 Å². The van der Waals surface area contributed by atoms with E-state index in [1.807, 2.05) is 0 Å². The number of thiazole rings is 1. The summed E-state index contributed by atoms with van der Waals surface area (Å²) in [5.41, 5.74) is 2.32. The molecule has 0 radical (unpaired) electrons. The van der Waals surface area contributed by atoms with Crippen LogP contribution in [0.15, 0.2) is 34.5 Å². The lowest BCUT2D eigenvalue weighted by atomic mass is 10.2. The molecule has 106 valence electrons. The van der Waals surface area contributed by atoms with Gasteiger partial charge in [0.2, 0.25) is 0 Å². The maximum absolute atomic E-state index is 4.78. The molecule has 3 nitrogen and oxygen atoms in total. The zero-order chi connectivity index (χ0) is 13.8. The number of rotatable bonds is 4. The highest BCUT2D eigenvalue weighted by Crippen LogP contribution is 2.25. The molecule has 1 aliphatic rings. The fraction of sp³-hybridized carbons (Fsp3) is 0.400. The molecular weight excluding hydrogens is 286 g/mol. The van der Waals surface area contributed by atoms with Crippen molar-refractivity contribution >= 4 is 23.1 Å². The largest absolute Gasteiger partial charge is 0.314 e. The quantitative estimate of drug-likeness (QED) is 0.879. The van der Waals surface area contributed by atoms with E-state index in [4.69, 9.17) is 4.98 Å². The van der Waals surface area contributed by atoms with E-state index < -0.39 is 0 Å². The second-order valence-corrected chi connectivity index (χ2v) is 6.70. The molecule has 3 rings (SSSR count). The molecule has 1 aromatic carbocycles. The number of hydrogen-bond donors (Lipinski definition) is 1. The van der Waals surface area contributed by atoms with Crippen LogP contribution in [0.2, 0.25) is 0 Å². The summed E-state index contributed by atoms with van der Waals surface area (Å²) in [5.74, 6) is 0. The first-order valence-corrected chi connectivity index (χ1v) is 8.97. The van der Waals surface area contributed by atoms with Crippen molar-refractivity contribution in [3.05, 3.63) is 34.7 Å². The molecule has 20 heavy (non-hydrogen) atoms. The Bertz CT molecular complexity index is 545. The summed E-state index contributed by atoms with van der Waals surface area (Å²) in [7, 11) is 0. The maximum atomic E-state index is 4.78. The smallest absolute Gasteiger partial charge is 0.107 e. The Morgan fingerprint density at radius 3 is 2.70 bits per heavy atom. The number of thioether (sulfide) groups is 1. The Balaban J connectivity index is 1.68. The lowest BCUT2D eigenvalue weighted by Gasteiger charge is -2.26.